The topological polar surface area (TPSA) is 26.3 Å². The van der Waals surface area contributed by atoms with Crippen LogP contribution >= 0.6 is 33.2 Å². The highest BCUT2D eigenvalue weighted by Crippen LogP contribution is 2.32. The summed E-state index contributed by atoms with van der Waals surface area (Å²) in [4.78, 5) is 11.5. The van der Waals surface area contributed by atoms with Gasteiger partial charge in [0, 0.05) is 6.08 Å². The number of halogens is 2. The van der Waals surface area contributed by atoms with E-state index in [1.807, 2.05) is 42.5 Å². The molecule has 2 nitrogen and oxygen atoms in total. The molecule has 0 bridgehead atoms. The molecule has 0 unspecified atom stereocenters. The van der Waals surface area contributed by atoms with Gasteiger partial charge in [0.25, 0.3) is 0 Å². The lowest BCUT2D eigenvalue weighted by molar-refractivity contribution is -0.132. The van der Waals surface area contributed by atoms with Gasteiger partial charge in [0.05, 0.1) is 0 Å². The van der Waals surface area contributed by atoms with E-state index in [1.165, 1.54) is 6.08 Å². The predicted octanol–water partition coefficient (Wildman–Crippen LogP) is 4.47. The molecule has 1 heterocycles. The summed E-state index contributed by atoms with van der Waals surface area (Å²) in [7, 11) is 0. The Kier molecular flexibility index (Phi) is 5.24. The molecule has 0 aliphatic carbocycles. The Labute approximate surface area is 116 Å². The van der Waals surface area contributed by atoms with Gasteiger partial charge in [0.2, 0.25) is 0 Å². The second-order valence-electron chi connectivity index (χ2n) is 3.11. The van der Waals surface area contributed by atoms with E-state index in [9.17, 15) is 4.79 Å². The van der Waals surface area contributed by atoms with Gasteiger partial charge in [0.1, 0.15) is 0 Å². The van der Waals surface area contributed by atoms with Crippen molar-refractivity contribution in [2.75, 3.05) is 0 Å². The van der Waals surface area contributed by atoms with Crippen LogP contribution in [0.1, 0.15) is 5.56 Å². The van der Waals surface area contributed by atoms with Gasteiger partial charge in [0.15, 0.2) is 3.77 Å². The minimum Gasteiger partial charge on any atom is -0.417 e. The maximum Gasteiger partial charge on any atom is 0.336 e. The average molecular weight is 452 g/mol. The normalized spacial score (nSPS) is 14.7. The van der Waals surface area contributed by atoms with Gasteiger partial charge >= 0.3 is 5.97 Å². The zero-order chi connectivity index (χ0) is 11.9. The molecule has 2 rings (SSSR count). The van der Waals surface area contributed by atoms with Crippen molar-refractivity contribution in [3.63, 3.8) is 0 Å². The van der Waals surface area contributed by atoms with Crippen LogP contribution in [0, 0.1) is 0 Å². The molecule has 0 aromatic heterocycles. The van der Waals surface area contributed by atoms with Gasteiger partial charge in [-0.2, -0.15) is 0 Å². The summed E-state index contributed by atoms with van der Waals surface area (Å²) in [5.41, 5.74) is 1.00. The zero-order valence-electron chi connectivity index (χ0n) is 8.85. The summed E-state index contributed by atoms with van der Waals surface area (Å²) < 4.78 is 8.38. The lowest BCUT2D eigenvalue weighted by Crippen LogP contribution is -1.96. The van der Waals surface area contributed by atoms with E-state index in [4.69, 9.17) is 4.74 Å². The highest BCUT2D eigenvalue weighted by atomic mass is 128. The molecule has 88 valence electrons. The number of hydrogen-bond acceptors (Lipinski definition) is 2. The molecule has 1 aromatic rings. The van der Waals surface area contributed by atoms with Gasteiger partial charge in [-0.25, -0.2) is 4.79 Å². The second kappa shape index (κ2) is 6.95. The van der Waals surface area contributed by atoms with Crippen molar-refractivity contribution in [2.24, 2.45) is 0 Å². The fraction of sp³-hybridized carbons (Fsp3) is 0. The molecule has 17 heavy (non-hydrogen) atoms. The number of carbonyl (C=O) groups excluding carboxylic acids is 1. The summed E-state index contributed by atoms with van der Waals surface area (Å²) >= 11 is 0.104. The highest BCUT2D eigenvalue weighted by molar-refractivity contribution is 14.8. The van der Waals surface area contributed by atoms with Gasteiger partial charge in [-0.15, -0.1) is 0 Å². The van der Waals surface area contributed by atoms with Crippen molar-refractivity contribution < 1.29 is 9.53 Å². The van der Waals surface area contributed by atoms with E-state index in [-0.39, 0.29) is 39.2 Å². The van der Waals surface area contributed by atoms with Gasteiger partial charge in [-0.3, -0.25) is 0 Å². The summed E-state index contributed by atoms with van der Waals surface area (Å²) in [6.45, 7) is 0. The molecule has 1 aliphatic rings. The first-order chi connectivity index (χ1) is 8.34. The number of carbonyl (C=O) groups is 1. The molecule has 0 saturated carbocycles. The maximum absolute atomic E-state index is 11.5. The van der Waals surface area contributed by atoms with E-state index in [0.29, 0.717) is 0 Å². The second-order valence-corrected chi connectivity index (χ2v) is 11.7. The van der Waals surface area contributed by atoms with Gasteiger partial charge in [-0.05, 0) is 55.0 Å². The lowest BCUT2D eigenvalue weighted by atomic mass is 10.2. The molecule has 4 heteroatoms. The Hall–Kier alpha value is -0.630. The molecule has 1 aromatic carbocycles. The number of allylic oxidation sites excluding steroid dienone is 2. The smallest absolute Gasteiger partial charge is 0.336 e. The van der Waals surface area contributed by atoms with Crippen LogP contribution in [0.2, 0.25) is 0 Å². The minimum atomic E-state index is -0.279. The molecule has 1 aliphatic heterocycles. The molecule has 0 saturated heterocycles. The third-order valence-corrected chi connectivity index (χ3v) is 9.87. The Morgan fingerprint density at radius 3 is 2.76 bits per heavy atom. The van der Waals surface area contributed by atoms with Crippen molar-refractivity contribution in [2.45, 2.75) is 0 Å². The van der Waals surface area contributed by atoms with E-state index >= 15 is 0 Å². The minimum absolute atomic E-state index is 0.0440. The summed E-state index contributed by atoms with van der Waals surface area (Å²) in [5, 5.41) is 0. The lowest BCUT2D eigenvalue weighted by Gasteiger charge is -2.01. The Balaban J connectivity index is 1.94. The van der Waals surface area contributed by atoms with Crippen molar-refractivity contribution in [1.82, 2.24) is 0 Å². The van der Waals surface area contributed by atoms with E-state index in [1.54, 1.807) is 6.08 Å². The fourth-order valence-corrected chi connectivity index (χ4v) is 7.50. The first-order valence-corrected chi connectivity index (χ1v) is 13.5. The van der Waals surface area contributed by atoms with Crippen molar-refractivity contribution in [3.8, 4) is 0 Å². The van der Waals surface area contributed by atoms with Gasteiger partial charge < -0.3 is 4.74 Å². The van der Waals surface area contributed by atoms with Crippen LogP contribution in [0.25, 0.3) is 6.08 Å². The number of benzene rings is 1. The summed E-state index contributed by atoms with van der Waals surface area (Å²) in [6.07, 6.45) is 7.15. The SMILES string of the molecule is O=C(/C=C/c1ccccc1)OC1=CC=CI=I1. The standard InChI is InChI=1S/C13H10I2O2/c16-13(17-12-7-4-10-14-15-12)9-8-11-5-2-1-3-6-11/h1-10H/b9-8+. The molecule has 0 fully saturated rings. The number of rotatable bonds is 3. The summed E-state index contributed by atoms with van der Waals surface area (Å²) in [5.74, 6) is -0.279. The molecular formula is C13H10I2O2. The first kappa shape index (κ1) is 12.8. The molecule has 0 N–H and O–H groups in total. The third-order valence-electron chi connectivity index (χ3n) is 1.87. The van der Waals surface area contributed by atoms with E-state index < -0.39 is 0 Å². The van der Waals surface area contributed by atoms with Gasteiger partial charge in [-0.1, -0.05) is 36.4 Å². The third kappa shape index (κ3) is 4.63. The van der Waals surface area contributed by atoms with Crippen LogP contribution < -0.4 is 0 Å². The van der Waals surface area contributed by atoms with Crippen molar-refractivity contribution in [1.29, 1.82) is 0 Å². The maximum atomic E-state index is 11.5. The Morgan fingerprint density at radius 2 is 2.06 bits per heavy atom. The largest absolute Gasteiger partial charge is 0.417 e. The van der Waals surface area contributed by atoms with E-state index in [0.717, 1.165) is 9.33 Å². The van der Waals surface area contributed by atoms with Crippen LogP contribution in [0.15, 0.2) is 56.4 Å². The van der Waals surface area contributed by atoms with Crippen LogP contribution in [0.4, 0.5) is 0 Å². The van der Waals surface area contributed by atoms with Crippen LogP contribution in [-0.4, -0.2) is 5.97 Å². The van der Waals surface area contributed by atoms with Crippen molar-refractivity contribution >= 4 is 45.2 Å². The monoisotopic (exact) mass is 452 g/mol. The fourth-order valence-electron chi connectivity index (χ4n) is 1.13. The van der Waals surface area contributed by atoms with Crippen molar-refractivity contribution in [3.05, 3.63) is 62.0 Å². The van der Waals surface area contributed by atoms with Crippen LogP contribution in [0.5, 0.6) is 0 Å². The molecular weight excluding hydrogens is 442 g/mol. The molecule has 0 spiro atoms. The van der Waals surface area contributed by atoms with Crippen LogP contribution in [-0.2, 0) is 9.53 Å². The highest BCUT2D eigenvalue weighted by Gasteiger charge is 2.01. The Morgan fingerprint density at radius 1 is 1.24 bits per heavy atom. The number of esters is 1. The first-order valence-electron chi connectivity index (χ1n) is 4.94. The Bertz CT molecular complexity index is 513. The molecule has 0 atom stereocenters. The van der Waals surface area contributed by atoms with Crippen LogP contribution in [0.3, 0.4) is 0 Å². The predicted molar refractivity (Wildman–Crippen MR) is 86.8 cm³/mol. The average Bonchev–Trinajstić information content (AvgIpc) is 2.39. The number of hydrogen-bond donors (Lipinski definition) is 0. The zero-order valence-corrected chi connectivity index (χ0v) is 13.2. The van der Waals surface area contributed by atoms with E-state index in [2.05, 4.69) is 4.08 Å². The molecule has 0 radical (unpaired) electrons. The molecule has 0 amide bonds. The summed E-state index contributed by atoms with van der Waals surface area (Å²) in [6, 6.07) is 9.73. The quantitative estimate of drug-likeness (QED) is 0.385. The number of ether oxygens (including phenoxy) is 1.